The molecule has 0 bridgehead atoms. The number of ether oxygens (including phenoxy) is 2. The van der Waals surface area contributed by atoms with E-state index in [4.69, 9.17) is 9.47 Å². The first-order valence-corrected chi connectivity index (χ1v) is 7.81. The Morgan fingerprint density at radius 1 is 1.21 bits per heavy atom. The number of carbonyl (C=O) groups is 2. The van der Waals surface area contributed by atoms with Crippen molar-refractivity contribution in [3.8, 4) is 5.75 Å². The molecule has 126 valence electrons. The van der Waals surface area contributed by atoms with Crippen molar-refractivity contribution in [3.05, 3.63) is 63.9 Å². The molecule has 0 unspecified atom stereocenters. The van der Waals surface area contributed by atoms with Crippen LogP contribution in [0.2, 0.25) is 0 Å². The summed E-state index contributed by atoms with van der Waals surface area (Å²) in [5.74, 6) is -1.10. The number of hydrogen-bond acceptors (Lipinski definition) is 4. The van der Waals surface area contributed by atoms with Crippen LogP contribution in [-0.2, 0) is 16.1 Å². The molecule has 2 aromatic rings. The van der Waals surface area contributed by atoms with E-state index in [1.54, 1.807) is 30.3 Å². The summed E-state index contributed by atoms with van der Waals surface area (Å²) in [6.45, 7) is -0.442. The number of rotatable bonds is 6. The Bertz CT molecular complexity index is 751. The zero-order valence-corrected chi connectivity index (χ0v) is 14.4. The third-order valence-corrected chi connectivity index (χ3v) is 3.85. The van der Waals surface area contributed by atoms with Crippen LogP contribution in [0.1, 0.15) is 15.9 Å². The molecule has 0 aromatic heterocycles. The number of amides is 1. The number of benzene rings is 2. The quantitative estimate of drug-likeness (QED) is 0.763. The molecule has 0 fully saturated rings. The zero-order chi connectivity index (χ0) is 17.5. The van der Waals surface area contributed by atoms with Crippen LogP contribution >= 0.6 is 15.9 Å². The second-order valence-corrected chi connectivity index (χ2v) is 5.64. The van der Waals surface area contributed by atoms with Gasteiger partial charge in [-0.1, -0.05) is 18.2 Å². The van der Waals surface area contributed by atoms with Crippen LogP contribution in [0.15, 0.2) is 46.9 Å². The smallest absolute Gasteiger partial charge is 0.339 e. The molecule has 2 aromatic carbocycles. The number of nitrogens with one attached hydrogen (secondary N) is 1. The molecule has 5 nitrogen and oxygen atoms in total. The molecule has 0 atom stereocenters. The Balaban J connectivity index is 1.87. The third kappa shape index (κ3) is 4.79. The van der Waals surface area contributed by atoms with Crippen molar-refractivity contribution in [2.45, 2.75) is 6.54 Å². The summed E-state index contributed by atoms with van der Waals surface area (Å²) in [5, 5.41) is 2.49. The number of halogens is 2. The van der Waals surface area contributed by atoms with E-state index in [2.05, 4.69) is 21.2 Å². The minimum Gasteiger partial charge on any atom is -0.497 e. The maximum Gasteiger partial charge on any atom is 0.339 e. The van der Waals surface area contributed by atoms with E-state index in [0.29, 0.717) is 15.8 Å². The summed E-state index contributed by atoms with van der Waals surface area (Å²) < 4.78 is 24.0. The van der Waals surface area contributed by atoms with Gasteiger partial charge in [0.15, 0.2) is 6.61 Å². The predicted octanol–water partition coefficient (Wildman–Crippen LogP) is 3.07. The lowest BCUT2D eigenvalue weighted by Gasteiger charge is -2.09. The van der Waals surface area contributed by atoms with Crippen LogP contribution in [-0.4, -0.2) is 25.6 Å². The molecule has 24 heavy (non-hydrogen) atoms. The van der Waals surface area contributed by atoms with E-state index in [9.17, 15) is 14.0 Å². The van der Waals surface area contributed by atoms with Crippen LogP contribution in [0.3, 0.4) is 0 Å². The maximum absolute atomic E-state index is 13.4. The predicted molar refractivity (Wildman–Crippen MR) is 89.2 cm³/mol. The van der Waals surface area contributed by atoms with Crippen molar-refractivity contribution >= 4 is 27.8 Å². The normalized spacial score (nSPS) is 10.1. The lowest BCUT2D eigenvalue weighted by atomic mass is 10.2. The average molecular weight is 396 g/mol. The topological polar surface area (TPSA) is 64.6 Å². The maximum atomic E-state index is 13.4. The van der Waals surface area contributed by atoms with Gasteiger partial charge in [-0.05, 0) is 40.2 Å². The molecular formula is C17H15BrFNO4. The van der Waals surface area contributed by atoms with E-state index < -0.39 is 24.3 Å². The second kappa shape index (κ2) is 8.44. The summed E-state index contributed by atoms with van der Waals surface area (Å²) in [4.78, 5) is 23.7. The average Bonchev–Trinajstić information content (AvgIpc) is 2.59. The van der Waals surface area contributed by atoms with E-state index in [1.165, 1.54) is 19.2 Å². The Kier molecular flexibility index (Phi) is 6.31. The molecule has 0 spiro atoms. The first-order chi connectivity index (χ1) is 11.5. The molecule has 7 heteroatoms. The first kappa shape index (κ1) is 17.9. The lowest BCUT2D eigenvalue weighted by Crippen LogP contribution is -2.28. The van der Waals surface area contributed by atoms with E-state index in [0.717, 1.165) is 0 Å². The fourth-order valence-corrected chi connectivity index (χ4v) is 2.29. The van der Waals surface area contributed by atoms with Gasteiger partial charge in [-0.3, -0.25) is 4.79 Å². The molecule has 0 heterocycles. The van der Waals surface area contributed by atoms with E-state index >= 15 is 0 Å². The van der Waals surface area contributed by atoms with E-state index in [-0.39, 0.29) is 12.1 Å². The minimum absolute atomic E-state index is 0.0198. The highest BCUT2D eigenvalue weighted by Gasteiger charge is 2.15. The monoisotopic (exact) mass is 395 g/mol. The second-order valence-electron chi connectivity index (χ2n) is 4.79. The van der Waals surface area contributed by atoms with Gasteiger partial charge < -0.3 is 14.8 Å². The number of carbonyl (C=O) groups excluding carboxylic acids is 2. The minimum atomic E-state index is -0.665. The van der Waals surface area contributed by atoms with Crippen molar-refractivity contribution in [1.29, 1.82) is 0 Å². The van der Waals surface area contributed by atoms with Crippen molar-refractivity contribution < 1.29 is 23.5 Å². The first-order valence-electron chi connectivity index (χ1n) is 7.02. The van der Waals surface area contributed by atoms with Crippen LogP contribution in [0.25, 0.3) is 0 Å². The summed E-state index contributed by atoms with van der Waals surface area (Å²) in [6.07, 6.45) is 0. The van der Waals surface area contributed by atoms with Crippen molar-refractivity contribution in [3.63, 3.8) is 0 Å². The highest BCUT2D eigenvalue weighted by Crippen LogP contribution is 2.23. The van der Waals surface area contributed by atoms with E-state index in [1.807, 2.05) is 0 Å². The van der Waals surface area contributed by atoms with Gasteiger partial charge in [0, 0.05) is 16.6 Å². The Hall–Kier alpha value is -2.41. The Morgan fingerprint density at radius 2 is 1.96 bits per heavy atom. The van der Waals surface area contributed by atoms with Crippen LogP contribution in [0.5, 0.6) is 5.75 Å². The summed E-state index contributed by atoms with van der Waals surface area (Å²) >= 11 is 3.24. The molecule has 0 aliphatic carbocycles. The van der Waals surface area contributed by atoms with Crippen LogP contribution < -0.4 is 10.1 Å². The van der Waals surface area contributed by atoms with Gasteiger partial charge in [-0.2, -0.15) is 0 Å². The Morgan fingerprint density at radius 3 is 2.67 bits per heavy atom. The van der Waals surface area contributed by atoms with Crippen molar-refractivity contribution in [2.24, 2.45) is 0 Å². The van der Waals surface area contributed by atoms with Crippen molar-refractivity contribution in [2.75, 3.05) is 13.7 Å². The molecular weight excluding hydrogens is 381 g/mol. The highest BCUT2D eigenvalue weighted by molar-refractivity contribution is 9.10. The molecule has 1 amide bonds. The summed E-state index contributed by atoms with van der Waals surface area (Å²) in [5.41, 5.74) is 0.601. The van der Waals surface area contributed by atoms with Gasteiger partial charge in [0.2, 0.25) is 0 Å². The van der Waals surface area contributed by atoms with Gasteiger partial charge in [0.25, 0.3) is 5.91 Å². The Labute approximate surface area is 146 Å². The molecule has 0 saturated heterocycles. The number of methoxy groups -OCH3 is 1. The molecule has 0 aliphatic rings. The standard InChI is InChI=1S/C17H15BrFNO4/c1-23-12-6-7-14(18)13(8-12)17(22)24-10-16(21)20-9-11-4-2-3-5-15(11)19/h2-8H,9-10H2,1H3,(H,20,21). The fraction of sp³-hybridized carbons (Fsp3) is 0.176. The SMILES string of the molecule is COc1ccc(Br)c(C(=O)OCC(=O)NCc2ccccc2F)c1. The van der Waals surface area contributed by atoms with Crippen LogP contribution in [0, 0.1) is 5.82 Å². The zero-order valence-electron chi connectivity index (χ0n) is 12.8. The third-order valence-electron chi connectivity index (χ3n) is 3.16. The van der Waals surface area contributed by atoms with Crippen molar-refractivity contribution in [1.82, 2.24) is 5.32 Å². The number of hydrogen-bond donors (Lipinski definition) is 1. The van der Waals surface area contributed by atoms with Gasteiger partial charge in [-0.15, -0.1) is 0 Å². The summed E-state index contributed by atoms with van der Waals surface area (Å²) in [6, 6.07) is 10.9. The molecule has 1 N–H and O–H groups in total. The molecule has 2 rings (SSSR count). The molecule has 0 aliphatic heterocycles. The number of esters is 1. The molecule has 0 saturated carbocycles. The van der Waals surface area contributed by atoms with Gasteiger partial charge in [-0.25, -0.2) is 9.18 Å². The molecule has 0 radical (unpaired) electrons. The fourth-order valence-electron chi connectivity index (χ4n) is 1.88. The summed E-state index contributed by atoms with van der Waals surface area (Å²) in [7, 11) is 1.48. The van der Waals surface area contributed by atoms with Gasteiger partial charge >= 0.3 is 5.97 Å². The van der Waals surface area contributed by atoms with Gasteiger partial charge in [0.1, 0.15) is 11.6 Å². The highest BCUT2D eigenvalue weighted by atomic mass is 79.9. The largest absolute Gasteiger partial charge is 0.497 e. The van der Waals surface area contributed by atoms with Gasteiger partial charge in [0.05, 0.1) is 12.7 Å². The lowest BCUT2D eigenvalue weighted by molar-refractivity contribution is -0.124. The van der Waals surface area contributed by atoms with Crippen LogP contribution in [0.4, 0.5) is 4.39 Å².